The largest absolute Gasteiger partial charge is 0.416 e. The fourth-order valence-corrected chi connectivity index (χ4v) is 2.85. The van der Waals surface area contributed by atoms with E-state index >= 15 is 0 Å². The number of hydrogen-bond donors (Lipinski definition) is 1. The Morgan fingerprint density at radius 2 is 1.85 bits per heavy atom. The van der Waals surface area contributed by atoms with E-state index in [0.29, 0.717) is 22.0 Å². The van der Waals surface area contributed by atoms with Crippen LogP contribution < -0.4 is 5.73 Å². The highest BCUT2D eigenvalue weighted by molar-refractivity contribution is 7.98. The van der Waals surface area contributed by atoms with Crippen molar-refractivity contribution in [2.24, 2.45) is 0 Å². The van der Waals surface area contributed by atoms with Gasteiger partial charge in [-0.05, 0) is 29.8 Å². The molecule has 106 valence electrons. The number of nitrogens with two attached hydrogens (primary N) is 1. The molecule has 0 spiro atoms. The van der Waals surface area contributed by atoms with Gasteiger partial charge in [-0.25, -0.2) is 0 Å². The van der Waals surface area contributed by atoms with Gasteiger partial charge in [0, 0.05) is 16.3 Å². The van der Waals surface area contributed by atoms with Crippen LogP contribution in [0.3, 0.4) is 0 Å². The van der Waals surface area contributed by atoms with Gasteiger partial charge in [-0.2, -0.15) is 13.2 Å². The van der Waals surface area contributed by atoms with Crippen molar-refractivity contribution in [3.05, 3.63) is 58.6 Å². The van der Waals surface area contributed by atoms with Gasteiger partial charge in [-0.3, -0.25) is 0 Å². The molecule has 0 unspecified atom stereocenters. The van der Waals surface area contributed by atoms with Crippen LogP contribution in [0.15, 0.2) is 47.4 Å². The van der Waals surface area contributed by atoms with E-state index in [0.717, 1.165) is 17.0 Å². The maximum absolute atomic E-state index is 12.6. The van der Waals surface area contributed by atoms with E-state index in [2.05, 4.69) is 0 Å². The molecule has 0 radical (unpaired) electrons. The zero-order chi connectivity index (χ0) is 14.8. The molecule has 0 aliphatic rings. The van der Waals surface area contributed by atoms with Crippen LogP contribution in [0.25, 0.3) is 0 Å². The molecule has 6 heteroatoms. The number of alkyl halides is 3. The van der Waals surface area contributed by atoms with Crippen molar-refractivity contribution in [2.45, 2.75) is 16.8 Å². The Balaban J connectivity index is 2.11. The fraction of sp³-hybridized carbons (Fsp3) is 0.143. The van der Waals surface area contributed by atoms with Crippen molar-refractivity contribution in [3.8, 4) is 0 Å². The van der Waals surface area contributed by atoms with Gasteiger partial charge >= 0.3 is 6.18 Å². The van der Waals surface area contributed by atoms with Crippen LogP contribution in [0, 0.1) is 0 Å². The maximum atomic E-state index is 12.6. The summed E-state index contributed by atoms with van der Waals surface area (Å²) in [5.41, 5.74) is 6.09. The van der Waals surface area contributed by atoms with Gasteiger partial charge in [0.1, 0.15) is 0 Å². The molecule has 1 nitrogen and oxygen atoms in total. The molecule has 0 atom stereocenters. The average molecular weight is 318 g/mol. The van der Waals surface area contributed by atoms with E-state index in [1.165, 1.54) is 17.8 Å². The number of rotatable bonds is 3. The Labute approximate surface area is 123 Å². The van der Waals surface area contributed by atoms with Crippen LogP contribution in [0.4, 0.5) is 18.9 Å². The quantitative estimate of drug-likeness (QED) is 0.619. The molecule has 2 rings (SSSR count). The van der Waals surface area contributed by atoms with Crippen molar-refractivity contribution in [1.82, 2.24) is 0 Å². The Morgan fingerprint density at radius 3 is 2.50 bits per heavy atom. The predicted octanol–water partition coefficient (Wildman–Crippen LogP) is 5.23. The van der Waals surface area contributed by atoms with Gasteiger partial charge in [0.05, 0.1) is 10.6 Å². The zero-order valence-corrected chi connectivity index (χ0v) is 11.8. The number of nitrogen functional groups attached to an aromatic ring is 1. The van der Waals surface area contributed by atoms with E-state index in [9.17, 15) is 13.2 Å². The highest BCUT2D eigenvalue weighted by atomic mass is 35.5. The van der Waals surface area contributed by atoms with Crippen molar-refractivity contribution in [1.29, 1.82) is 0 Å². The summed E-state index contributed by atoms with van der Waals surface area (Å²) in [5, 5.41) is 0.502. The molecular weight excluding hydrogens is 307 g/mol. The van der Waals surface area contributed by atoms with Crippen LogP contribution in [-0.2, 0) is 11.9 Å². The molecule has 0 amide bonds. The molecular formula is C14H11ClF3NS. The van der Waals surface area contributed by atoms with E-state index in [-0.39, 0.29) is 0 Å². The smallest absolute Gasteiger partial charge is 0.399 e. The summed E-state index contributed by atoms with van der Waals surface area (Å²) in [5.74, 6) is 0.410. The van der Waals surface area contributed by atoms with Gasteiger partial charge < -0.3 is 5.73 Å². The topological polar surface area (TPSA) is 26.0 Å². The van der Waals surface area contributed by atoms with Gasteiger partial charge in [0.15, 0.2) is 0 Å². The highest BCUT2D eigenvalue weighted by Crippen LogP contribution is 2.33. The first-order valence-corrected chi connectivity index (χ1v) is 7.06. The van der Waals surface area contributed by atoms with Gasteiger partial charge in [-0.15, -0.1) is 11.8 Å². The van der Waals surface area contributed by atoms with E-state index < -0.39 is 11.7 Å². The minimum Gasteiger partial charge on any atom is -0.399 e. The average Bonchev–Trinajstić information content (AvgIpc) is 2.37. The van der Waals surface area contributed by atoms with Crippen molar-refractivity contribution in [2.75, 3.05) is 5.73 Å². The van der Waals surface area contributed by atoms with Crippen LogP contribution in [0.1, 0.15) is 11.1 Å². The Kier molecular flexibility index (Phi) is 4.50. The highest BCUT2D eigenvalue weighted by Gasteiger charge is 2.30. The number of halogens is 4. The standard InChI is InChI=1S/C14H11ClF3NS/c15-12-7-11(19)4-5-13(12)20-8-9-2-1-3-10(6-9)14(16,17)18/h1-7H,8,19H2. The lowest BCUT2D eigenvalue weighted by molar-refractivity contribution is -0.137. The minimum absolute atomic E-state index is 0.410. The normalized spacial score (nSPS) is 11.6. The van der Waals surface area contributed by atoms with Gasteiger partial charge in [0.2, 0.25) is 0 Å². The summed E-state index contributed by atoms with van der Waals surface area (Å²) in [6.07, 6.45) is -4.32. The number of benzene rings is 2. The van der Waals surface area contributed by atoms with E-state index in [4.69, 9.17) is 17.3 Å². The molecule has 2 aromatic carbocycles. The Bertz CT molecular complexity index is 614. The molecule has 0 aromatic heterocycles. The molecule has 0 aliphatic carbocycles. The third-order valence-electron chi connectivity index (χ3n) is 2.60. The molecule has 20 heavy (non-hydrogen) atoms. The second kappa shape index (κ2) is 5.97. The Hall–Kier alpha value is -1.33. The SMILES string of the molecule is Nc1ccc(SCc2cccc(C(F)(F)F)c2)c(Cl)c1. The van der Waals surface area contributed by atoms with Crippen molar-refractivity contribution < 1.29 is 13.2 Å². The molecule has 0 heterocycles. The third kappa shape index (κ3) is 3.84. The number of thioether (sulfide) groups is 1. The van der Waals surface area contributed by atoms with E-state index in [1.54, 1.807) is 24.3 Å². The van der Waals surface area contributed by atoms with Gasteiger partial charge in [-0.1, -0.05) is 29.8 Å². The summed E-state index contributed by atoms with van der Waals surface area (Å²) in [6, 6.07) is 10.4. The Morgan fingerprint density at radius 1 is 1.10 bits per heavy atom. The lowest BCUT2D eigenvalue weighted by atomic mass is 10.1. The predicted molar refractivity (Wildman–Crippen MR) is 76.9 cm³/mol. The first-order valence-electron chi connectivity index (χ1n) is 5.70. The summed E-state index contributed by atoms with van der Waals surface area (Å²) in [7, 11) is 0. The zero-order valence-electron chi connectivity index (χ0n) is 10.2. The minimum atomic E-state index is -4.32. The van der Waals surface area contributed by atoms with Gasteiger partial charge in [0.25, 0.3) is 0 Å². The molecule has 2 N–H and O–H groups in total. The number of anilines is 1. The monoisotopic (exact) mass is 317 g/mol. The lowest BCUT2D eigenvalue weighted by Gasteiger charge is -2.09. The summed E-state index contributed by atoms with van der Waals surface area (Å²) in [6.45, 7) is 0. The number of hydrogen-bond acceptors (Lipinski definition) is 2. The third-order valence-corrected chi connectivity index (χ3v) is 4.17. The summed E-state index contributed by atoms with van der Waals surface area (Å²) < 4.78 is 37.8. The fourth-order valence-electron chi connectivity index (χ4n) is 1.63. The van der Waals surface area contributed by atoms with Crippen LogP contribution in [-0.4, -0.2) is 0 Å². The van der Waals surface area contributed by atoms with Crippen LogP contribution >= 0.6 is 23.4 Å². The van der Waals surface area contributed by atoms with Crippen molar-refractivity contribution in [3.63, 3.8) is 0 Å². The second-order valence-electron chi connectivity index (χ2n) is 4.18. The molecule has 0 saturated heterocycles. The molecule has 0 fully saturated rings. The van der Waals surface area contributed by atoms with Crippen LogP contribution in [0.5, 0.6) is 0 Å². The summed E-state index contributed by atoms with van der Waals surface area (Å²) >= 11 is 7.39. The van der Waals surface area contributed by atoms with E-state index in [1.807, 2.05) is 0 Å². The lowest BCUT2D eigenvalue weighted by Crippen LogP contribution is -2.04. The first-order chi connectivity index (χ1) is 9.36. The molecule has 0 bridgehead atoms. The van der Waals surface area contributed by atoms with Crippen LogP contribution in [0.2, 0.25) is 5.02 Å². The molecule has 2 aromatic rings. The first kappa shape index (κ1) is 15.1. The maximum Gasteiger partial charge on any atom is 0.416 e. The molecule has 0 saturated carbocycles. The summed E-state index contributed by atoms with van der Waals surface area (Å²) in [4.78, 5) is 0.790. The molecule has 0 aliphatic heterocycles. The second-order valence-corrected chi connectivity index (χ2v) is 5.60. The van der Waals surface area contributed by atoms with Crippen molar-refractivity contribution >= 4 is 29.1 Å².